The Bertz CT molecular complexity index is 2750. The van der Waals surface area contributed by atoms with Gasteiger partial charge in [0.2, 0.25) is 5.78 Å². The number of carbonyl (C=O) groups is 2. The monoisotopic (exact) mass is 1400 g/mol. The van der Waals surface area contributed by atoms with Gasteiger partial charge in [-0.05, 0) is 129 Å². The Morgan fingerprint density at radius 1 is 0.633 bits per heavy atom. The summed E-state index contributed by atoms with van der Waals surface area (Å²) in [5.41, 5.74) is 0.00182. The lowest BCUT2D eigenvalue weighted by molar-refractivity contribution is -0.447. The molecule has 12 aliphatic rings. The van der Waals surface area contributed by atoms with Crippen LogP contribution in [0, 0.1) is 28.6 Å². The number of ether oxygens (including phenoxy) is 21. The number of ketones is 1. The molecule has 0 aromatic heterocycles. The largest absolute Gasteiger partial charge is 0.493 e. The number of hydrogen-bond acceptors (Lipinski definition) is 27. The van der Waals surface area contributed by atoms with Crippen LogP contribution in [-0.2, 0) is 109 Å². The van der Waals surface area contributed by atoms with Gasteiger partial charge in [0.15, 0.2) is 50.1 Å². The van der Waals surface area contributed by atoms with Gasteiger partial charge in [-0.1, -0.05) is 25.5 Å². The highest BCUT2D eigenvalue weighted by Crippen LogP contribution is 2.68. The zero-order valence-corrected chi connectivity index (χ0v) is 59.8. The van der Waals surface area contributed by atoms with Gasteiger partial charge in [-0.3, -0.25) is 9.59 Å². The van der Waals surface area contributed by atoms with Crippen molar-refractivity contribution >= 4 is 11.8 Å². The summed E-state index contributed by atoms with van der Waals surface area (Å²) in [5.74, 6) is -0.775. The van der Waals surface area contributed by atoms with Crippen molar-refractivity contribution in [1.82, 2.24) is 0 Å². The Labute approximate surface area is 576 Å². The average molecular weight is 1400 g/mol. The number of fused-ring (bicyclic) bond motifs is 6. The molecule has 35 atom stereocenters. The molecular weight excluding hydrogens is 1280 g/mol. The molecule has 98 heavy (non-hydrogen) atoms. The standard InChI is InChI=1S/C71H112O27/c1-33-58(75)65(82-15)66(91-40(8)72)67(89-33)96-62-36(4)87-57(29-51(62)80-13)94-61-35(3)85-54(27-47(61)73)93-60-34(2)86-55(28-48(60)74)95-63-38(6)97-71(31-53(63)81-14)84-32-83-52-30-56(88-37(5)64(52)98-71)90-39(7)70(77)23-20-46-44-17-16-41-24-42(18-21-68(41,9)45(44)19-22-69(46,70)10)92-50-26-43(78-11)25-49(79-12)59(50)76/h16,25,33-39,42-48,50-58,60-67,73-75,77H,17-24,26-32H2,1-15H3/t33-,34-,35-,36-,37-,38-,39+,42+,43?,44-,45+,46+,47-,48+,50?,51+,52-,53-,54+,55+,56+,57+,58+,60-,61-,62-,63-,64-,65+,66-,67+,68+,69+,70+,71+/m1/s1. The third-order valence-electron chi connectivity index (χ3n) is 24.7. The van der Waals surface area contributed by atoms with E-state index in [4.69, 9.17) is 99.5 Å². The number of hydrogen-bond donors (Lipinski definition) is 4. The first kappa shape index (κ1) is 75.2. The smallest absolute Gasteiger partial charge is 0.303 e. The second-order valence-corrected chi connectivity index (χ2v) is 30.4. The SMILES string of the molecule is COC1=CC(OC)CC(O[C@H]2CC[C@@]3(C)C(=CC[C@@H]4[C@@H]3CC[C@@]3(C)[C@H]4CC[C@]3(O)[C@H](C)O[C@H]3C[C@H]4OCO[C@]5(C[C@@H](OC)[C@H](O[C@H]6C[C@H](O)[C@H](O[C@H]7C[C@@H](O)[C@H](O[C@H]8C[C@H](OC)[C@H](O[C@@H]9O[C@H](C)[C@H](O)[C@H](OC)[C@H]9OC(C)=O)[C@@H](C)O8)[C@@H](C)O7)[C@@H](C)O6)[C@@H](C)O5)O[C@@H]4[C@@H](C)O3)C2)C1=O. The van der Waals surface area contributed by atoms with Crippen LogP contribution in [0.5, 0.6) is 0 Å². The molecule has 7 heterocycles. The second-order valence-electron chi connectivity index (χ2n) is 30.4. The van der Waals surface area contributed by atoms with Gasteiger partial charge in [0.1, 0.15) is 48.8 Å². The molecule has 7 aliphatic heterocycles. The van der Waals surface area contributed by atoms with Crippen LogP contribution in [-0.4, -0.2) is 258 Å². The zero-order valence-electron chi connectivity index (χ0n) is 59.8. The van der Waals surface area contributed by atoms with Crippen molar-refractivity contribution in [1.29, 1.82) is 0 Å². The molecule has 0 bridgehead atoms. The molecule has 10 fully saturated rings. The number of allylic oxidation sites excluding steroid dienone is 1. The van der Waals surface area contributed by atoms with E-state index < -0.39 is 177 Å². The molecule has 558 valence electrons. The maximum absolute atomic E-state index is 13.3. The fourth-order valence-corrected chi connectivity index (χ4v) is 19.3. The fourth-order valence-electron chi connectivity index (χ4n) is 19.3. The van der Waals surface area contributed by atoms with Crippen molar-refractivity contribution in [3.05, 3.63) is 23.5 Å². The quantitative estimate of drug-likeness (QED) is 0.0921. The lowest BCUT2D eigenvalue weighted by Gasteiger charge is -2.59. The number of methoxy groups -OCH3 is 5. The molecule has 7 saturated heterocycles. The lowest BCUT2D eigenvalue weighted by atomic mass is 9.46. The number of aliphatic hydroxyl groups is 4. The molecule has 0 amide bonds. The Hall–Kier alpha value is -2.50. The van der Waals surface area contributed by atoms with Crippen LogP contribution in [0.4, 0.5) is 0 Å². The Morgan fingerprint density at radius 2 is 1.27 bits per heavy atom. The minimum absolute atomic E-state index is 0.0160. The molecule has 3 saturated carbocycles. The maximum Gasteiger partial charge on any atom is 0.303 e. The molecule has 0 aromatic carbocycles. The van der Waals surface area contributed by atoms with E-state index in [1.807, 2.05) is 20.8 Å². The lowest BCUT2D eigenvalue weighted by Crippen LogP contribution is -2.62. The van der Waals surface area contributed by atoms with E-state index >= 15 is 0 Å². The highest BCUT2D eigenvalue weighted by molar-refractivity contribution is 5.98. The molecular formula is C71H112O27. The van der Waals surface area contributed by atoms with E-state index in [-0.39, 0.29) is 61.3 Å². The van der Waals surface area contributed by atoms with Crippen molar-refractivity contribution in [3.63, 3.8) is 0 Å². The summed E-state index contributed by atoms with van der Waals surface area (Å²) in [6, 6.07) is 0. The molecule has 0 aromatic rings. The number of Topliss-reactive ketones (excluding diaryl/α,β-unsaturated/α-hetero) is 1. The fraction of sp³-hybridized carbons (Fsp3) is 0.915. The van der Waals surface area contributed by atoms with Gasteiger partial charge >= 0.3 is 5.97 Å². The molecule has 1 spiro atoms. The van der Waals surface area contributed by atoms with E-state index in [0.717, 1.165) is 44.9 Å². The highest BCUT2D eigenvalue weighted by atomic mass is 16.9. The van der Waals surface area contributed by atoms with Gasteiger partial charge in [0, 0.05) is 72.9 Å². The topological polar surface area (TPSA) is 309 Å². The summed E-state index contributed by atoms with van der Waals surface area (Å²) in [5, 5.41) is 47.0. The molecule has 2 unspecified atom stereocenters. The van der Waals surface area contributed by atoms with E-state index in [9.17, 15) is 30.0 Å². The third kappa shape index (κ3) is 14.7. The first-order chi connectivity index (χ1) is 46.6. The maximum atomic E-state index is 13.3. The van der Waals surface area contributed by atoms with Crippen LogP contribution in [0.1, 0.15) is 159 Å². The van der Waals surface area contributed by atoms with Gasteiger partial charge in [-0.2, -0.15) is 0 Å². The first-order valence-electron chi connectivity index (χ1n) is 36.0. The van der Waals surface area contributed by atoms with Gasteiger partial charge in [0.05, 0.1) is 105 Å². The predicted molar refractivity (Wildman–Crippen MR) is 341 cm³/mol. The van der Waals surface area contributed by atoms with Gasteiger partial charge in [-0.25, -0.2) is 0 Å². The molecule has 27 heteroatoms. The van der Waals surface area contributed by atoms with E-state index in [2.05, 4.69) is 19.9 Å². The van der Waals surface area contributed by atoms with E-state index in [1.165, 1.54) is 33.8 Å². The number of rotatable bonds is 19. The summed E-state index contributed by atoms with van der Waals surface area (Å²) < 4.78 is 131. The third-order valence-corrected chi connectivity index (χ3v) is 24.7. The zero-order chi connectivity index (χ0) is 70.1. The summed E-state index contributed by atoms with van der Waals surface area (Å²) in [7, 11) is 7.68. The van der Waals surface area contributed by atoms with Gasteiger partial charge in [-0.15, -0.1) is 0 Å². The van der Waals surface area contributed by atoms with Crippen LogP contribution in [0.15, 0.2) is 23.5 Å². The van der Waals surface area contributed by atoms with E-state index in [1.54, 1.807) is 48.0 Å². The van der Waals surface area contributed by atoms with Crippen molar-refractivity contribution < 1.29 is 129 Å². The normalized spacial score (nSPS) is 50.9. The van der Waals surface area contributed by atoms with Crippen LogP contribution in [0.25, 0.3) is 0 Å². The van der Waals surface area contributed by atoms with Crippen LogP contribution >= 0.6 is 0 Å². The van der Waals surface area contributed by atoms with Gasteiger partial charge < -0.3 is 120 Å². The van der Waals surface area contributed by atoms with Crippen molar-refractivity contribution in [2.75, 3.05) is 42.3 Å². The predicted octanol–water partition coefficient (Wildman–Crippen LogP) is 5.46. The molecule has 0 radical (unpaired) electrons. The van der Waals surface area contributed by atoms with Crippen LogP contribution in [0.3, 0.4) is 0 Å². The summed E-state index contributed by atoms with van der Waals surface area (Å²) in [6.07, 6.45) is -7.88. The minimum atomic E-state index is -1.59. The number of aliphatic hydroxyl groups excluding tert-OH is 3. The Morgan fingerprint density at radius 3 is 1.90 bits per heavy atom. The highest BCUT2D eigenvalue weighted by Gasteiger charge is 2.67. The average Bonchev–Trinajstić information content (AvgIpc) is 1.44. The number of esters is 1. The second kappa shape index (κ2) is 30.5. The molecule has 5 aliphatic carbocycles. The molecule has 27 nitrogen and oxygen atoms in total. The Kier molecular flexibility index (Phi) is 23.4. The summed E-state index contributed by atoms with van der Waals surface area (Å²) >= 11 is 0. The van der Waals surface area contributed by atoms with Crippen molar-refractivity contribution in [2.24, 2.45) is 28.6 Å². The van der Waals surface area contributed by atoms with Crippen molar-refractivity contribution in [3.8, 4) is 0 Å². The summed E-state index contributed by atoms with van der Waals surface area (Å²) in [4.78, 5) is 25.4. The van der Waals surface area contributed by atoms with E-state index in [0.29, 0.717) is 42.8 Å². The first-order valence-corrected chi connectivity index (χ1v) is 36.0. The van der Waals surface area contributed by atoms with Crippen molar-refractivity contribution in [2.45, 2.75) is 343 Å². The molecule has 4 N–H and O–H groups in total. The van der Waals surface area contributed by atoms with Crippen LogP contribution < -0.4 is 0 Å². The molecule has 12 rings (SSSR count). The van der Waals surface area contributed by atoms with Gasteiger partial charge in [0.25, 0.3) is 5.97 Å². The minimum Gasteiger partial charge on any atom is -0.493 e. The van der Waals surface area contributed by atoms with Crippen LogP contribution in [0.2, 0.25) is 0 Å². The summed E-state index contributed by atoms with van der Waals surface area (Å²) in [6.45, 7) is 18.6. The Balaban J connectivity index is 0.596. The number of carbonyl (C=O) groups excluding carboxylic acids is 2.